The number of halogens is 2. The summed E-state index contributed by atoms with van der Waals surface area (Å²) in [5, 5.41) is 0. The van der Waals surface area contributed by atoms with Crippen LogP contribution >= 0.6 is 0 Å². The van der Waals surface area contributed by atoms with Gasteiger partial charge in [-0.05, 0) is 0 Å². The van der Waals surface area contributed by atoms with Gasteiger partial charge in [-0.15, -0.1) is 12.8 Å². The Labute approximate surface area is 210 Å². The van der Waals surface area contributed by atoms with Crippen LogP contribution in [0.5, 0.6) is 0 Å². The van der Waals surface area contributed by atoms with E-state index in [4.69, 9.17) is 0 Å². The van der Waals surface area contributed by atoms with Gasteiger partial charge in [-0.2, -0.15) is 11.1 Å². The molecule has 0 aliphatic heterocycles. The second-order valence-electron chi connectivity index (χ2n) is 7.16. The third-order valence-electron chi connectivity index (χ3n) is 4.34. The van der Waals surface area contributed by atoms with Crippen LogP contribution in [0.15, 0.2) is 95.1 Å². The molecule has 0 unspecified atom stereocenters. The average Bonchev–Trinajstić information content (AvgIpc) is 3.29. The van der Waals surface area contributed by atoms with E-state index < -0.39 is 0 Å². The summed E-state index contributed by atoms with van der Waals surface area (Å²) < 4.78 is 1.42. The van der Waals surface area contributed by atoms with Crippen molar-refractivity contribution in [3.05, 3.63) is 118 Å². The second kappa shape index (κ2) is 15.5. The first-order valence-electron chi connectivity index (χ1n) is 9.64. The molecule has 0 atom stereocenters. The van der Waals surface area contributed by atoms with Crippen molar-refractivity contribution in [1.82, 2.24) is 0 Å². The second-order valence-corrected chi connectivity index (χ2v) is 8.39. The fraction of sp³-hybridized carbons (Fsp3) is 0.222. The van der Waals surface area contributed by atoms with Crippen LogP contribution in [0.3, 0.4) is 0 Å². The van der Waals surface area contributed by atoms with Crippen molar-refractivity contribution < 1.29 is 49.0 Å². The number of hydrogen-bond donors (Lipinski definition) is 0. The summed E-state index contributed by atoms with van der Waals surface area (Å²) in [5.41, 5.74) is 8.10. The minimum absolute atomic E-state index is 0. The van der Waals surface area contributed by atoms with Crippen molar-refractivity contribution in [3.8, 4) is 0 Å². The molecule has 0 amide bonds. The van der Waals surface area contributed by atoms with E-state index in [0.717, 1.165) is 12.8 Å². The molecule has 0 saturated heterocycles. The van der Waals surface area contributed by atoms with Gasteiger partial charge in [0.2, 0.25) is 0 Å². The van der Waals surface area contributed by atoms with Crippen LogP contribution < -0.4 is 24.8 Å². The minimum atomic E-state index is 0. The Morgan fingerprint density at radius 3 is 1.17 bits per heavy atom. The summed E-state index contributed by atoms with van der Waals surface area (Å²) in [6, 6.07) is 21.1. The standard InChI is InChI=1S/C13H10.2C7H9.2ClH.Zr/c1-3-7-12(8-4-1)11-13-9-5-2-6-10-13;2*1-6-3-4-7(2)5-6;;;/h1-10H;2*5H,3H2,1-2H3;2*1H;/q;2*-1;;;+2/p-2. The zero-order valence-corrected chi connectivity index (χ0v) is 22.1. The van der Waals surface area contributed by atoms with Crippen molar-refractivity contribution in [2.24, 2.45) is 0 Å². The number of allylic oxidation sites excluding steroid dienone is 8. The molecule has 4 rings (SSSR count). The van der Waals surface area contributed by atoms with Crippen molar-refractivity contribution in [2.45, 2.75) is 40.5 Å². The molecule has 0 fully saturated rings. The van der Waals surface area contributed by atoms with Gasteiger partial charge in [0.1, 0.15) is 0 Å². The predicted molar refractivity (Wildman–Crippen MR) is 118 cm³/mol. The van der Waals surface area contributed by atoms with Crippen LogP contribution in [0, 0.1) is 12.2 Å². The van der Waals surface area contributed by atoms with Gasteiger partial charge in [-0.1, -0.05) is 27.7 Å². The average molecular weight is 515 g/mol. The third kappa shape index (κ3) is 10.7. The Hall–Kier alpha value is -1.27. The normalized spacial score (nSPS) is 13.5. The van der Waals surface area contributed by atoms with Gasteiger partial charge >= 0.3 is 99.2 Å². The molecule has 30 heavy (non-hydrogen) atoms. The molecule has 0 radical (unpaired) electrons. The monoisotopic (exact) mass is 512 g/mol. The molecule has 156 valence electrons. The van der Waals surface area contributed by atoms with Crippen LogP contribution in [0.25, 0.3) is 0 Å². The van der Waals surface area contributed by atoms with Gasteiger partial charge in [-0.25, -0.2) is 23.3 Å². The zero-order chi connectivity index (χ0) is 20.4. The van der Waals surface area contributed by atoms with Crippen molar-refractivity contribution in [1.29, 1.82) is 0 Å². The summed E-state index contributed by atoms with van der Waals surface area (Å²) >= 11 is 1.46. The van der Waals surface area contributed by atoms with E-state index in [1.165, 1.54) is 60.9 Å². The van der Waals surface area contributed by atoms with Gasteiger partial charge in [0.25, 0.3) is 0 Å². The summed E-state index contributed by atoms with van der Waals surface area (Å²) in [7, 11) is 0. The molecule has 0 N–H and O–H groups in total. The molecular weight excluding hydrogens is 486 g/mol. The van der Waals surface area contributed by atoms with E-state index >= 15 is 0 Å². The molecular formula is C27H28Cl2Zr-2. The molecule has 2 aliphatic rings. The maximum absolute atomic E-state index is 3.19. The quantitative estimate of drug-likeness (QED) is 0.525. The van der Waals surface area contributed by atoms with Crippen LogP contribution in [-0.4, -0.2) is 3.21 Å². The summed E-state index contributed by atoms with van der Waals surface area (Å²) in [6.45, 7) is 8.42. The number of rotatable bonds is 2. The van der Waals surface area contributed by atoms with Crippen LogP contribution in [0.2, 0.25) is 0 Å². The van der Waals surface area contributed by atoms with E-state index in [1.54, 1.807) is 0 Å². The van der Waals surface area contributed by atoms with E-state index in [2.05, 4.69) is 113 Å². The zero-order valence-electron chi connectivity index (χ0n) is 18.1. The molecule has 0 heterocycles. The number of hydrogen-bond acceptors (Lipinski definition) is 0. The van der Waals surface area contributed by atoms with E-state index in [9.17, 15) is 0 Å². The van der Waals surface area contributed by atoms with Gasteiger partial charge in [0, 0.05) is 0 Å². The van der Waals surface area contributed by atoms with Crippen molar-refractivity contribution >= 4 is 3.21 Å². The summed E-state index contributed by atoms with van der Waals surface area (Å²) in [4.78, 5) is 0. The van der Waals surface area contributed by atoms with E-state index in [1.807, 2.05) is 0 Å². The molecule has 2 aromatic rings. The predicted octanol–water partition coefficient (Wildman–Crippen LogP) is 0.982. The molecule has 0 bridgehead atoms. The molecule has 0 nitrogen and oxygen atoms in total. The Morgan fingerprint density at radius 1 is 0.633 bits per heavy atom. The van der Waals surface area contributed by atoms with E-state index in [-0.39, 0.29) is 24.8 Å². The van der Waals surface area contributed by atoms with Crippen LogP contribution in [0.4, 0.5) is 0 Å². The molecule has 0 spiro atoms. The molecule has 3 heteroatoms. The van der Waals surface area contributed by atoms with Gasteiger partial charge in [0.15, 0.2) is 0 Å². The van der Waals surface area contributed by atoms with E-state index in [0.29, 0.717) is 0 Å². The Morgan fingerprint density at radius 2 is 0.967 bits per heavy atom. The third-order valence-corrected chi connectivity index (χ3v) is 5.76. The SMILES string of the molecule is CC1=[C-]CC(C)=C1.CC1=[C-]CC(C)=C1.[Cl-].[Cl-].[Zr+2]=[C](c1ccccc1)c1ccccc1. The Kier molecular flexibility index (Phi) is 14.9. The Balaban J connectivity index is 0.000000448. The van der Waals surface area contributed by atoms with Gasteiger partial charge in [-0.3, -0.25) is 12.2 Å². The Bertz CT molecular complexity index is 829. The fourth-order valence-electron chi connectivity index (χ4n) is 2.88. The van der Waals surface area contributed by atoms with Gasteiger partial charge in [0.05, 0.1) is 0 Å². The first kappa shape index (κ1) is 28.7. The maximum atomic E-state index is 3.19. The number of benzene rings is 2. The van der Waals surface area contributed by atoms with Crippen molar-refractivity contribution in [3.63, 3.8) is 0 Å². The van der Waals surface area contributed by atoms with Gasteiger partial charge < -0.3 is 24.8 Å². The fourth-order valence-corrected chi connectivity index (χ4v) is 3.70. The first-order valence-corrected chi connectivity index (χ1v) is 10.9. The molecule has 2 aromatic carbocycles. The van der Waals surface area contributed by atoms with Crippen molar-refractivity contribution in [2.75, 3.05) is 0 Å². The molecule has 2 aliphatic carbocycles. The molecule has 0 aromatic heterocycles. The molecule has 0 saturated carbocycles. The topological polar surface area (TPSA) is 0 Å². The first-order chi connectivity index (χ1) is 13.5. The summed E-state index contributed by atoms with van der Waals surface area (Å²) in [6.07, 6.45) is 12.8. The summed E-state index contributed by atoms with van der Waals surface area (Å²) in [5.74, 6) is 0. The van der Waals surface area contributed by atoms with Crippen LogP contribution in [-0.2, 0) is 24.2 Å². The van der Waals surface area contributed by atoms with Crippen LogP contribution in [0.1, 0.15) is 51.7 Å².